The van der Waals surface area contributed by atoms with E-state index in [0.717, 1.165) is 12.0 Å². The van der Waals surface area contributed by atoms with Crippen LogP contribution in [0.25, 0.3) is 0 Å². The van der Waals surface area contributed by atoms with Gasteiger partial charge in [0.05, 0.1) is 4.92 Å². The summed E-state index contributed by atoms with van der Waals surface area (Å²) in [7, 11) is 0. The molecule has 24 heavy (non-hydrogen) atoms. The van der Waals surface area contributed by atoms with Crippen LogP contribution in [0, 0.1) is 16.0 Å². The molecule has 1 heterocycles. The van der Waals surface area contributed by atoms with Gasteiger partial charge in [-0.3, -0.25) is 14.9 Å². The molecule has 0 spiro atoms. The number of nitro groups is 1. The summed E-state index contributed by atoms with van der Waals surface area (Å²) in [6, 6.07) is 9.84. The highest BCUT2D eigenvalue weighted by molar-refractivity contribution is 6.32. The zero-order valence-corrected chi connectivity index (χ0v) is 13.2. The normalized spacial score (nSPS) is 20.7. The summed E-state index contributed by atoms with van der Waals surface area (Å²) in [4.78, 5) is 23.0. The number of hydrogen-bond donors (Lipinski definition) is 0. The Morgan fingerprint density at radius 1 is 1.17 bits per heavy atom. The Morgan fingerprint density at radius 2 is 1.96 bits per heavy atom. The molecule has 0 bridgehead atoms. The molecule has 2 atom stereocenters. The van der Waals surface area contributed by atoms with Crippen LogP contribution in [0.15, 0.2) is 36.4 Å². The zero-order chi connectivity index (χ0) is 16.8. The zero-order valence-electron chi connectivity index (χ0n) is 12.4. The van der Waals surface area contributed by atoms with Crippen LogP contribution < -0.4 is 9.47 Å². The van der Waals surface area contributed by atoms with Crippen molar-refractivity contribution >= 4 is 23.1 Å². The molecule has 122 valence electrons. The van der Waals surface area contributed by atoms with Gasteiger partial charge in [-0.25, -0.2) is 0 Å². The van der Waals surface area contributed by atoms with E-state index >= 15 is 0 Å². The van der Waals surface area contributed by atoms with Gasteiger partial charge in [-0.1, -0.05) is 17.7 Å². The fourth-order valence-electron chi connectivity index (χ4n) is 3.02. The Labute approximate surface area is 142 Å². The first-order valence-electron chi connectivity index (χ1n) is 7.42. The fraction of sp³-hybridized carbons (Fsp3) is 0.235. The molecule has 0 saturated heterocycles. The lowest BCUT2D eigenvalue weighted by Gasteiger charge is -2.04. The molecule has 0 radical (unpaired) electrons. The van der Waals surface area contributed by atoms with Crippen molar-refractivity contribution in [1.82, 2.24) is 0 Å². The highest BCUT2D eigenvalue weighted by Gasteiger charge is 2.44. The van der Waals surface area contributed by atoms with Crippen molar-refractivity contribution in [3.05, 3.63) is 62.7 Å². The number of halogens is 1. The van der Waals surface area contributed by atoms with Crippen LogP contribution in [0.1, 0.15) is 28.3 Å². The van der Waals surface area contributed by atoms with Crippen molar-refractivity contribution in [2.45, 2.75) is 12.3 Å². The number of carbonyl (C=O) groups excluding carboxylic acids is 1. The van der Waals surface area contributed by atoms with E-state index in [-0.39, 0.29) is 35.1 Å². The molecule has 0 N–H and O–H groups in total. The number of hydrogen-bond acceptors (Lipinski definition) is 5. The average molecular weight is 346 g/mol. The summed E-state index contributed by atoms with van der Waals surface area (Å²) in [5, 5.41) is 11.0. The predicted octanol–water partition coefficient (Wildman–Crippen LogP) is 3.96. The van der Waals surface area contributed by atoms with Crippen molar-refractivity contribution in [1.29, 1.82) is 0 Å². The first kappa shape index (κ1) is 15.0. The molecular formula is C17H12ClNO5. The molecule has 2 aliphatic rings. The van der Waals surface area contributed by atoms with Gasteiger partial charge in [-0.05, 0) is 42.2 Å². The molecule has 1 saturated carbocycles. The lowest BCUT2D eigenvalue weighted by atomic mass is 10.0. The van der Waals surface area contributed by atoms with Gasteiger partial charge in [0.15, 0.2) is 17.3 Å². The number of ketones is 1. The van der Waals surface area contributed by atoms with Gasteiger partial charge < -0.3 is 9.47 Å². The molecule has 6 nitrogen and oxygen atoms in total. The Morgan fingerprint density at radius 3 is 2.75 bits per heavy atom. The molecule has 0 aromatic heterocycles. The molecule has 7 heteroatoms. The maximum atomic E-state index is 12.6. The van der Waals surface area contributed by atoms with Crippen molar-refractivity contribution < 1.29 is 19.2 Å². The van der Waals surface area contributed by atoms with Gasteiger partial charge in [0.1, 0.15) is 5.02 Å². The second-order valence-electron chi connectivity index (χ2n) is 5.85. The van der Waals surface area contributed by atoms with Crippen molar-refractivity contribution in [3.63, 3.8) is 0 Å². The average Bonchev–Trinajstić information content (AvgIpc) is 3.23. The van der Waals surface area contributed by atoms with Gasteiger partial charge in [0.2, 0.25) is 6.79 Å². The first-order chi connectivity index (χ1) is 11.5. The second kappa shape index (κ2) is 5.49. The summed E-state index contributed by atoms with van der Waals surface area (Å²) in [5.74, 6) is 1.22. The van der Waals surface area contributed by atoms with Crippen LogP contribution in [0.3, 0.4) is 0 Å². The number of fused-ring (bicyclic) bond motifs is 1. The predicted molar refractivity (Wildman–Crippen MR) is 85.8 cm³/mol. The Bertz CT molecular complexity index is 866. The SMILES string of the molecule is O=C(c1ccc(Cl)c([N+](=O)[O-])c1)[C@@H]1C[C@H]1c1ccc2c(c1)OCO2. The molecule has 1 aliphatic carbocycles. The number of Topliss-reactive ketones (excluding diaryl/α,β-unsaturated/α-hetero) is 1. The van der Waals surface area contributed by atoms with E-state index in [9.17, 15) is 14.9 Å². The minimum atomic E-state index is -0.582. The Balaban J connectivity index is 1.55. The maximum absolute atomic E-state index is 12.6. The highest BCUT2D eigenvalue weighted by Crippen LogP contribution is 2.51. The van der Waals surface area contributed by atoms with E-state index < -0.39 is 4.92 Å². The summed E-state index contributed by atoms with van der Waals surface area (Å²) in [6.45, 7) is 0.209. The van der Waals surface area contributed by atoms with Crippen molar-refractivity contribution in [3.8, 4) is 11.5 Å². The Hall–Kier alpha value is -2.60. The molecule has 1 fully saturated rings. The van der Waals surface area contributed by atoms with Crippen LogP contribution in [0.2, 0.25) is 5.02 Å². The largest absolute Gasteiger partial charge is 0.454 e. The fourth-order valence-corrected chi connectivity index (χ4v) is 3.20. The first-order valence-corrected chi connectivity index (χ1v) is 7.80. The highest BCUT2D eigenvalue weighted by atomic mass is 35.5. The molecule has 2 aromatic rings. The van der Waals surface area contributed by atoms with Gasteiger partial charge in [0.25, 0.3) is 5.69 Å². The smallest absolute Gasteiger partial charge is 0.288 e. The number of nitro benzene ring substituents is 1. The summed E-state index contributed by atoms with van der Waals surface area (Å²) in [5.41, 5.74) is 1.09. The summed E-state index contributed by atoms with van der Waals surface area (Å²) < 4.78 is 10.6. The number of benzene rings is 2. The summed E-state index contributed by atoms with van der Waals surface area (Å²) >= 11 is 5.79. The van der Waals surface area contributed by atoms with E-state index in [1.165, 1.54) is 18.2 Å². The lowest BCUT2D eigenvalue weighted by Crippen LogP contribution is -2.04. The number of rotatable bonds is 4. The third-order valence-electron chi connectivity index (χ3n) is 4.38. The number of carbonyl (C=O) groups is 1. The minimum Gasteiger partial charge on any atom is -0.454 e. The van der Waals surface area contributed by atoms with Gasteiger partial charge in [-0.2, -0.15) is 0 Å². The number of ether oxygens (including phenoxy) is 2. The van der Waals surface area contributed by atoms with Crippen LogP contribution in [-0.4, -0.2) is 17.5 Å². The molecule has 2 aromatic carbocycles. The molecular weight excluding hydrogens is 334 g/mol. The van der Waals surface area contributed by atoms with E-state index in [0.29, 0.717) is 17.1 Å². The second-order valence-corrected chi connectivity index (χ2v) is 6.26. The van der Waals surface area contributed by atoms with Crippen molar-refractivity contribution in [2.75, 3.05) is 6.79 Å². The third kappa shape index (κ3) is 2.49. The van der Waals surface area contributed by atoms with Crippen LogP contribution in [0.5, 0.6) is 11.5 Å². The van der Waals surface area contributed by atoms with Gasteiger partial charge in [0, 0.05) is 17.5 Å². The minimum absolute atomic E-state index is 0.0275. The van der Waals surface area contributed by atoms with E-state index in [2.05, 4.69) is 0 Å². The topological polar surface area (TPSA) is 78.7 Å². The maximum Gasteiger partial charge on any atom is 0.288 e. The van der Waals surface area contributed by atoms with E-state index in [1.807, 2.05) is 18.2 Å². The van der Waals surface area contributed by atoms with Crippen LogP contribution in [0.4, 0.5) is 5.69 Å². The monoisotopic (exact) mass is 345 g/mol. The molecule has 1 aliphatic heterocycles. The van der Waals surface area contributed by atoms with Gasteiger partial charge in [-0.15, -0.1) is 0 Å². The van der Waals surface area contributed by atoms with Crippen LogP contribution >= 0.6 is 11.6 Å². The number of nitrogens with zero attached hydrogens (tertiary/aromatic N) is 1. The van der Waals surface area contributed by atoms with E-state index in [1.54, 1.807) is 0 Å². The molecule has 4 rings (SSSR count). The molecule has 0 amide bonds. The van der Waals surface area contributed by atoms with Crippen LogP contribution in [-0.2, 0) is 0 Å². The quantitative estimate of drug-likeness (QED) is 0.476. The van der Waals surface area contributed by atoms with Gasteiger partial charge >= 0.3 is 0 Å². The Kier molecular flexibility index (Phi) is 3.42. The molecule has 0 unspecified atom stereocenters. The standard InChI is InChI=1S/C17H12ClNO5/c18-13-3-1-10(5-14(13)19(21)22)17(20)12-7-11(12)9-2-4-15-16(6-9)24-8-23-15/h1-6,11-12H,7-8H2/t11-,12+/m0/s1. The van der Waals surface area contributed by atoms with E-state index in [4.69, 9.17) is 21.1 Å². The lowest BCUT2D eigenvalue weighted by molar-refractivity contribution is -0.384. The third-order valence-corrected chi connectivity index (χ3v) is 4.70. The van der Waals surface area contributed by atoms with Crippen molar-refractivity contribution in [2.24, 2.45) is 5.92 Å². The summed E-state index contributed by atoms with van der Waals surface area (Å²) in [6.07, 6.45) is 0.717.